The largest absolute Gasteiger partial charge is 0.423 e. The van der Waals surface area contributed by atoms with E-state index < -0.39 is 17.6 Å². The minimum atomic E-state index is -3.96. The van der Waals surface area contributed by atoms with E-state index in [2.05, 4.69) is 4.52 Å². The van der Waals surface area contributed by atoms with Crippen LogP contribution in [0, 0.1) is 0 Å². The summed E-state index contributed by atoms with van der Waals surface area (Å²) in [6.45, 7) is 0.951. The molecule has 0 amide bonds. The van der Waals surface area contributed by atoms with E-state index in [-0.39, 0.29) is 10.6 Å². The van der Waals surface area contributed by atoms with E-state index in [0.29, 0.717) is 0 Å². The van der Waals surface area contributed by atoms with Crippen molar-refractivity contribution in [2.45, 2.75) is 4.90 Å². The maximum Gasteiger partial charge on any atom is 0.373 e. The quantitative estimate of drug-likeness (QED) is 0.762. The molecule has 1 aromatic rings. The highest BCUT2D eigenvalue weighted by atomic mass is 32.2. The van der Waals surface area contributed by atoms with Crippen LogP contribution in [0.5, 0.6) is 5.75 Å². The van der Waals surface area contributed by atoms with Crippen LogP contribution in [0.1, 0.15) is 0 Å². The molecule has 0 aliphatic heterocycles. The van der Waals surface area contributed by atoms with E-state index in [1.54, 1.807) is 0 Å². The Morgan fingerprint density at radius 2 is 1.93 bits per heavy atom. The van der Waals surface area contributed by atoms with Gasteiger partial charge in [-0.15, -0.1) is 0 Å². The van der Waals surface area contributed by atoms with Gasteiger partial charge in [-0.3, -0.25) is 0 Å². The van der Waals surface area contributed by atoms with Crippen molar-refractivity contribution in [3.8, 4) is 5.75 Å². The highest BCUT2D eigenvalue weighted by molar-refractivity contribution is 7.89. The Labute approximate surface area is 87.3 Å². The fourth-order valence-corrected chi connectivity index (χ4v) is 2.19. The molecule has 0 fully saturated rings. The van der Waals surface area contributed by atoms with Crippen LogP contribution in [0.15, 0.2) is 29.2 Å². The highest BCUT2D eigenvalue weighted by Gasteiger charge is 2.19. The molecule has 15 heavy (non-hydrogen) atoms. The summed E-state index contributed by atoms with van der Waals surface area (Å²) < 4.78 is 37.7. The Balaban J connectivity index is 3.26. The molecule has 0 aromatic heterocycles. The van der Waals surface area contributed by atoms with Crippen molar-refractivity contribution in [1.29, 1.82) is 0 Å². The molecular formula is C7H10NO5PS. The fraction of sp³-hybridized carbons (Fsp3) is 0.143. The van der Waals surface area contributed by atoms with E-state index >= 15 is 0 Å². The summed E-state index contributed by atoms with van der Waals surface area (Å²) in [5.74, 6) is -0.228. The first kappa shape index (κ1) is 12.2. The van der Waals surface area contributed by atoms with Crippen LogP contribution >= 0.6 is 7.60 Å². The molecule has 8 heteroatoms. The van der Waals surface area contributed by atoms with E-state index in [1.165, 1.54) is 24.3 Å². The topological polar surface area (TPSA) is 107 Å². The normalized spacial score (nSPS) is 15.7. The number of primary sulfonamides is 1. The van der Waals surface area contributed by atoms with Gasteiger partial charge in [0, 0.05) is 6.66 Å². The number of rotatable bonds is 3. The molecule has 1 atom stereocenters. The van der Waals surface area contributed by atoms with Gasteiger partial charge in [0.05, 0.1) is 0 Å². The van der Waals surface area contributed by atoms with Crippen molar-refractivity contribution < 1.29 is 22.4 Å². The van der Waals surface area contributed by atoms with Crippen LogP contribution in [0.3, 0.4) is 0 Å². The minimum Gasteiger partial charge on any atom is -0.423 e. The highest BCUT2D eigenvalue weighted by Crippen LogP contribution is 2.40. The van der Waals surface area contributed by atoms with Gasteiger partial charge in [0.1, 0.15) is 10.6 Å². The number of benzene rings is 1. The van der Waals surface area contributed by atoms with Crippen LogP contribution in [0.25, 0.3) is 0 Å². The molecule has 84 valence electrons. The number of para-hydroxylation sites is 1. The summed E-state index contributed by atoms with van der Waals surface area (Å²) in [7, 11) is -7.77. The molecule has 3 N–H and O–H groups in total. The second-order valence-corrected chi connectivity index (χ2v) is 6.20. The van der Waals surface area contributed by atoms with Gasteiger partial charge in [-0.05, 0) is 12.1 Å². The summed E-state index contributed by atoms with van der Waals surface area (Å²) >= 11 is 0. The van der Waals surface area contributed by atoms with Crippen molar-refractivity contribution in [2.24, 2.45) is 5.14 Å². The Morgan fingerprint density at radius 3 is 2.40 bits per heavy atom. The van der Waals surface area contributed by atoms with Gasteiger partial charge in [0.2, 0.25) is 10.0 Å². The van der Waals surface area contributed by atoms with Crippen molar-refractivity contribution in [2.75, 3.05) is 6.66 Å². The zero-order valence-corrected chi connectivity index (χ0v) is 9.53. The SMILES string of the molecule is CP(=O)(O)Oc1ccccc1S(N)(=O)=O. The molecule has 0 bridgehead atoms. The average molecular weight is 251 g/mol. The van der Waals surface area contributed by atoms with Gasteiger partial charge in [-0.2, -0.15) is 0 Å². The lowest BCUT2D eigenvalue weighted by molar-refractivity contribution is 0.383. The van der Waals surface area contributed by atoms with Crippen LogP contribution in [0.4, 0.5) is 0 Å². The third kappa shape index (κ3) is 3.64. The second-order valence-electron chi connectivity index (χ2n) is 2.89. The number of hydrogen-bond donors (Lipinski definition) is 2. The molecular weight excluding hydrogens is 241 g/mol. The third-order valence-corrected chi connectivity index (χ3v) is 2.91. The van der Waals surface area contributed by atoms with Gasteiger partial charge < -0.3 is 9.42 Å². The van der Waals surface area contributed by atoms with Gasteiger partial charge >= 0.3 is 7.60 Å². The lowest BCUT2D eigenvalue weighted by Gasteiger charge is -2.11. The molecule has 1 rings (SSSR count). The molecule has 0 aliphatic rings. The Hall–Kier alpha value is -0.880. The Bertz CT molecular complexity index is 506. The molecule has 0 aliphatic carbocycles. The maximum atomic E-state index is 11.1. The molecule has 0 spiro atoms. The van der Waals surface area contributed by atoms with Gasteiger partial charge in [0.15, 0.2) is 0 Å². The fourth-order valence-electron chi connectivity index (χ4n) is 0.943. The minimum absolute atomic E-state index is 0.228. The van der Waals surface area contributed by atoms with Gasteiger partial charge in [-0.1, -0.05) is 12.1 Å². The third-order valence-electron chi connectivity index (χ3n) is 1.42. The molecule has 6 nitrogen and oxygen atoms in total. The average Bonchev–Trinajstić information content (AvgIpc) is 1.99. The first-order valence-corrected chi connectivity index (χ1v) is 7.39. The van der Waals surface area contributed by atoms with Crippen LogP contribution < -0.4 is 9.66 Å². The Kier molecular flexibility index (Phi) is 3.20. The summed E-state index contributed by atoms with van der Waals surface area (Å²) in [5, 5.41) is 4.90. The first-order chi connectivity index (χ1) is 6.70. The van der Waals surface area contributed by atoms with E-state index in [4.69, 9.17) is 10.0 Å². The summed E-state index contributed by atoms with van der Waals surface area (Å²) in [5.41, 5.74) is 0. The van der Waals surface area contributed by atoms with Crippen molar-refractivity contribution in [3.05, 3.63) is 24.3 Å². The number of nitrogens with two attached hydrogens (primary N) is 1. The molecule has 0 saturated carbocycles. The van der Waals surface area contributed by atoms with Crippen LogP contribution in [-0.2, 0) is 14.6 Å². The summed E-state index contributed by atoms with van der Waals surface area (Å²) in [4.78, 5) is 8.64. The van der Waals surface area contributed by atoms with E-state index in [1.807, 2.05) is 0 Å². The first-order valence-electron chi connectivity index (χ1n) is 3.82. The molecule has 1 unspecified atom stereocenters. The zero-order chi connectivity index (χ0) is 11.7. The smallest absolute Gasteiger partial charge is 0.373 e. The van der Waals surface area contributed by atoms with Crippen molar-refractivity contribution >= 4 is 17.6 Å². The predicted molar refractivity (Wildman–Crippen MR) is 54.2 cm³/mol. The lowest BCUT2D eigenvalue weighted by atomic mass is 10.3. The van der Waals surface area contributed by atoms with Crippen molar-refractivity contribution in [1.82, 2.24) is 0 Å². The standard InChI is InChI=1S/C7H10NO5PS/c1-14(9,10)13-6-4-2-3-5-7(6)15(8,11)12/h2-5H,1H3,(H,9,10)(H2,8,11,12). The van der Waals surface area contributed by atoms with E-state index in [9.17, 15) is 13.0 Å². The van der Waals surface area contributed by atoms with Gasteiger partial charge in [0.25, 0.3) is 0 Å². The lowest BCUT2D eigenvalue weighted by Crippen LogP contribution is -2.13. The Morgan fingerprint density at radius 1 is 1.40 bits per heavy atom. The number of hydrogen-bond acceptors (Lipinski definition) is 4. The summed E-state index contributed by atoms with van der Waals surface area (Å²) in [6.07, 6.45) is 0. The maximum absolute atomic E-state index is 11.1. The second kappa shape index (κ2) is 3.94. The molecule has 0 radical (unpaired) electrons. The van der Waals surface area contributed by atoms with E-state index in [0.717, 1.165) is 6.66 Å². The molecule has 1 aromatic carbocycles. The predicted octanol–water partition coefficient (Wildman–Crippen LogP) is 0.528. The van der Waals surface area contributed by atoms with Crippen LogP contribution in [-0.4, -0.2) is 20.0 Å². The van der Waals surface area contributed by atoms with Crippen molar-refractivity contribution in [3.63, 3.8) is 0 Å². The zero-order valence-electron chi connectivity index (χ0n) is 7.82. The van der Waals surface area contributed by atoms with Crippen LogP contribution in [0.2, 0.25) is 0 Å². The van der Waals surface area contributed by atoms with Gasteiger partial charge in [-0.25, -0.2) is 18.1 Å². The number of sulfonamides is 1. The monoisotopic (exact) mass is 251 g/mol. The molecule has 0 saturated heterocycles. The molecule has 0 heterocycles. The summed E-state index contributed by atoms with van der Waals surface area (Å²) in [6, 6.07) is 5.36.